The minimum atomic E-state index is 0.140. The lowest BCUT2D eigenvalue weighted by Gasteiger charge is -2.46. The molecule has 24 heavy (non-hydrogen) atoms. The molecular weight excluding hydrogens is 288 g/mol. The van der Waals surface area contributed by atoms with Gasteiger partial charge in [0, 0.05) is 0 Å². The van der Waals surface area contributed by atoms with Crippen molar-refractivity contribution in [3.63, 3.8) is 0 Å². The van der Waals surface area contributed by atoms with Crippen LogP contribution in [0.4, 0.5) is 0 Å². The Morgan fingerprint density at radius 2 is 0.542 bits per heavy atom. The highest BCUT2D eigenvalue weighted by molar-refractivity contribution is 5.55. The molecule has 0 saturated heterocycles. The van der Waals surface area contributed by atoms with Crippen LogP contribution >= 0.6 is 0 Å². The van der Waals surface area contributed by atoms with Gasteiger partial charge in [-0.15, -0.1) is 0 Å². The van der Waals surface area contributed by atoms with Crippen molar-refractivity contribution < 1.29 is 0 Å². The predicted octanol–water partition coefficient (Wildman–Crippen LogP) is 7.57. The molecule has 1 aromatic carbocycles. The van der Waals surface area contributed by atoms with Gasteiger partial charge in [-0.2, -0.15) is 0 Å². The van der Waals surface area contributed by atoms with Crippen molar-refractivity contribution in [2.45, 2.75) is 108 Å². The Hall–Kier alpha value is -0.780. The van der Waals surface area contributed by atoms with Gasteiger partial charge in [0.15, 0.2) is 0 Å². The maximum atomic E-state index is 2.41. The van der Waals surface area contributed by atoms with Crippen molar-refractivity contribution in [2.75, 3.05) is 0 Å². The fourth-order valence-corrected chi connectivity index (χ4v) is 3.94. The van der Waals surface area contributed by atoms with E-state index in [0.29, 0.717) is 0 Å². The molecule has 0 aliphatic rings. The SMILES string of the molecule is Cc1c(C)c(C(C)(C)C(C)(C)C)c(C)c(C)c1C(C)(C)C(C)(C)C. The minimum Gasteiger partial charge on any atom is -0.0593 e. The standard InChI is InChI=1S/C24H42/c1-15-16(2)20(24(13,14)22(8,9)10)18(4)17(3)19(15)23(11,12)21(5,6)7/h1-14H3. The normalized spacial score (nSPS) is 14.2. The third-order valence-corrected chi connectivity index (χ3v) is 7.62. The maximum Gasteiger partial charge on any atom is -0.00496 e. The summed E-state index contributed by atoms with van der Waals surface area (Å²) < 4.78 is 0. The molecule has 0 fully saturated rings. The number of hydrogen-bond acceptors (Lipinski definition) is 0. The van der Waals surface area contributed by atoms with Crippen LogP contribution in [0.25, 0.3) is 0 Å². The minimum absolute atomic E-state index is 0.140. The first kappa shape index (κ1) is 21.3. The lowest BCUT2D eigenvalue weighted by atomic mass is 9.59. The van der Waals surface area contributed by atoms with Crippen LogP contribution in [0, 0.1) is 38.5 Å². The number of hydrogen-bond donors (Lipinski definition) is 0. The molecule has 138 valence electrons. The fourth-order valence-electron chi connectivity index (χ4n) is 3.94. The molecule has 0 bridgehead atoms. The van der Waals surface area contributed by atoms with Gasteiger partial charge >= 0.3 is 0 Å². The molecule has 1 rings (SSSR count). The molecule has 0 radical (unpaired) electrons. The molecule has 0 atom stereocenters. The largest absolute Gasteiger partial charge is 0.0593 e. The maximum absolute atomic E-state index is 2.41. The molecule has 0 aliphatic heterocycles. The first-order valence-electron chi connectivity index (χ1n) is 9.50. The van der Waals surface area contributed by atoms with E-state index in [1.165, 1.54) is 22.3 Å². The van der Waals surface area contributed by atoms with Crippen LogP contribution in [-0.2, 0) is 10.8 Å². The molecule has 0 heteroatoms. The Bertz CT molecular complexity index is 539. The zero-order valence-electron chi connectivity index (χ0n) is 19.0. The summed E-state index contributed by atoms with van der Waals surface area (Å²) in [5.41, 5.74) is 9.80. The van der Waals surface area contributed by atoms with Gasteiger partial charge in [0.1, 0.15) is 0 Å². The van der Waals surface area contributed by atoms with E-state index in [1.54, 1.807) is 11.1 Å². The molecular formula is C24H42. The van der Waals surface area contributed by atoms with Crippen LogP contribution in [0.15, 0.2) is 0 Å². The average molecular weight is 331 g/mol. The van der Waals surface area contributed by atoms with Gasteiger partial charge in [0.2, 0.25) is 0 Å². The first-order chi connectivity index (χ1) is 10.4. The van der Waals surface area contributed by atoms with Gasteiger partial charge in [-0.25, -0.2) is 0 Å². The lowest BCUT2D eigenvalue weighted by Crippen LogP contribution is -2.39. The Balaban J connectivity index is 3.91. The monoisotopic (exact) mass is 330 g/mol. The summed E-state index contributed by atoms with van der Waals surface area (Å²) in [4.78, 5) is 0. The lowest BCUT2D eigenvalue weighted by molar-refractivity contribution is 0.218. The van der Waals surface area contributed by atoms with Crippen molar-refractivity contribution >= 4 is 0 Å². The van der Waals surface area contributed by atoms with Gasteiger partial charge in [-0.05, 0) is 82.7 Å². The highest BCUT2D eigenvalue weighted by atomic mass is 14.5. The topological polar surface area (TPSA) is 0 Å². The molecule has 0 amide bonds. The van der Waals surface area contributed by atoms with E-state index in [-0.39, 0.29) is 21.7 Å². The first-order valence-corrected chi connectivity index (χ1v) is 9.50. The van der Waals surface area contributed by atoms with Crippen molar-refractivity contribution in [1.29, 1.82) is 0 Å². The quantitative estimate of drug-likeness (QED) is 0.524. The van der Waals surface area contributed by atoms with Gasteiger partial charge in [-0.1, -0.05) is 69.2 Å². The molecule has 0 spiro atoms. The van der Waals surface area contributed by atoms with E-state index < -0.39 is 0 Å². The van der Waals surface area contributed by atoms with Crippen molar-refractivity contribution in [2.24, 2.45) is 10.8 Å². The van der Waals surface area contributed by atoms with Crippen molar-refractivity contribution in [3.8, 4) is 0 Å². The van der Waals surface area contributed by atoms with Crippen LogP contribution in [0.3, 0.4) is 0 Å². The highest BCUT2D eigenvalue weighted by Gasteiger charge is 2.41. The van der Waals surface area contributed by atoms with Gasteiger partial charge in [0.05, 0.1) is 0 Å². The molecule has 0 saturated carbocycles. The van der Waals surface area contributed by atoms with Crippen LogP contribution < -0.4 is 0 Å². The number of rotatable bonds is 2. The number of benzene rings is 1. The third-order valence-electron chi connectivity index (χ3n) is 7.62. The summed E-state index contributed by atoms with van der Waals surface area (Å²) in [7, 11) is 0. The summed E-state index contributed by atoms with van der Waals surface area (Å²) in [6, 6.07) is 0. The Morgan fingerprint density at radius 1 is 0.375 bits per heavy atom. The van der Waals surface area contributed by atoms with Gasteiger partial charge in [0.25, 0.3) is 0 Å². The van der Waals surface area contributed by atoms with Crippen LogP contribution in [-0.4, -0.2) is 0 Å². The molecule has 0 aliphatic carbocycles. The molecule has 0 aromatic heterocycles. The van der Waals surface area contributed by atoms with Crippen LogP contribution in [0.5, 0.6) is 0 Å². The smallest absolute Gasteiger partial charge is 0.00496 e. The van der Waals surface area contributed by atoms with Crippen LogP contribution in [0.1, 0.15) is 103 Å². The average Bonchev–Trinajstić information content (AvgIpc) is 2.33. The molecule has 0 unspecified atom stereocenters. The van der Waals surface area contributed by atoms with E-state index in [0.717, 1.165) is 0 Å². The van der Waals surface area contributed by atoms with Crippen LogP contribution in [0.2, 0.25) is 0 Å². The Kier molecular flexibility index (Phi) is 5.22. The predicted molar refractivity (Wildman–Crippen MR) is 110 cm³/mol. The Labute approximate surface area is 152 Å². The van der Waals surface area contributed by atoms with E-state index in [1.807, 2.05) is 0 Å². The molecule has 0 nitrogen and oxygen atoms in total. The summed E-state index contributed by atoms with van der Waals surface area (Å²) in [6.07, 6.45) is 0. The van der Waals surface area contributed by atoms with E-state index in [4.69, 9.17) is 0 Å². The van der Waals surface area contributed by atoms with E-state index >= 15 is 0 Å². The molecule has 0 N–H and O–H groups in total. The van der Waals surface area contributed by atoms with E-state index in [9.17, 15) is 0 Å². The second-order valence-corrected chi connectivity index (χ2v) is 11.0. The molecule has 1 aromatic rings. The molecule has 0 heterocycles. The van der Waals surface area contributed by atoms with E-state index in [2.05, 4.69) is 96.9 Å². The van der Waals surface area contributed by atoms with Crippen molar-refractivity contribution in [1.82, 2.24) is 0 Å². The Morgan fingerprint density at radius 3 is 0.667 bits per heavy atom. The summed E-state index contributed by atoms with van der Waals surface area (Å²) >= 11 is 0. The second-order valence-electron chi connectivity index (χ2n) is 11.0. The summed E-state index contributed by atoms with van der Waals surface area (Å²) in [6.45, 7) is 33.2. The van der Waals surface area contributed by atoms with Gasteiger partial charge in [-0.3, -0.25) is 0 Å². The third kappa shape index (κ3) is 3.06. The van der Waals surface area contributed by atoms with Gasteiger partial charge < -0.3 is 0 Å². The summed E-state index contributed by atoms with van der Waals surface area (Å²) in [5.74, 6) is 0. The zero-order chi connectivity index (χ0) is 19.5. The highest BCUT2D eigenvalue weighted by Crippen LogP contribution is 2.49. The second kappa shape index (κ2) is 5.89. The fraction of sp³-hybridized carbons (Fsp3) is 0.750. The summed E-state index contributed by atoms with van der Waals surface area (Å²) in [5, 5.41) is 0. The van der Waals surface area contributed by atoms with Crippen molar-refractivity contribution in [3.05, 3.63) is 33.4 Å². The zero-order valence-corrected chi connectivity index (χ0v) is 19.0.